The first-order chi connectivity index (χ1) is 14.7. The second-order valence-electron chi connectivity index (χ2n) is 10.3. The molecule has 0 unspecified atom stereocenters. The van der Waals surface area contributed by atoms with Crippen LogP contribution in [0.4, 0.5) is 0 Å². The Bertz CT molecular complexity index is 1100. The average Bonchev–Trinajstić information content (AvgIpc) is 3.31. The highest BCUT2D eigenvalue weighted by molar-refractivity contribution is 5.82. The molecule has 2 aliphatic heterocycles. The molecule has 1 atom stereocenters. The summed E-state index contributed by atoms with van der Waals surface area (Å²) in [7, 11) is 0. The lowest BCUT2D eigenvalue weighted by atomic mass is 9.84. The van der Waals surface area contributed by atoms with Crippen LogP contribution in [-0.2, 0) is 22.6 Å². The van der Waals surface area contributed by atoms with Crippen LogP contribution in [0.25, 0.3) is 5.65 Å². The van der Waals surface area contributed by atoms with Gasteiger partial charge in [-0.3, -0.25) is 19.5 Å². The highest BCUT2D eigenvalue weighted by Crippen LogP contribution is 2.37. The Morgan fingerprint density at radius 2 is 1.90 bits per heavy atom. The maximum atomic E-state index is 13.2. The summed E-state index contributed by atoms with van der Waals surface area (Å²) in [4.78, 5) is 47.3. The number of aromatic nitrogens is 3. The van der Waals surface area contributed by atoms with Crippen molar-refractivity contribution in [1.29, 1.82) is 0 Å². The van der Waals surface area contributed by atoms with Crippen LogP contribution in [0.1, 0.15) is 75.9 Å². The van der Waals surface area contributed by atoms with E-state index in [1.807, 2.05) is 31.7 Å². The molecule has 2 amide bonds. The zero-order chi connectivity index (χ0) is 21.9. The minimum Gasteiger partial charge on any atom is -0.336 e. The molecule has 2 aromatic rings. The molecule has 8 nitrogen and oxygen atoms in total. The third-order valence-electron chi connectivity index (χ3n) is 7.06. The van der Waals surface area contributed by atoms with Gasteiger partial charge in [-0.25, -0.2) is 9.50 Å². The Morgan fingerprint density at radius 1 is 1.13 bits per heavy atom. The summed E-state index contributed by atoms with van der Waals surface area (Å²) in [5.74, 6) is 0.499. The minimum atomic E-state index is -0.461. The van der Waals surface area contributed by atoms with E-state index in [0.717, 1.165) is 44.3 Å². The summed E-state index contributed by atoms with van der Waals surface area (Å²) in [6.07, 6.45) is 5.50. The Balaban J connectivity index is 1.46. The monoisotopic (exact) mass is 425 g/mol. The van der Waals surface area contributed by atoms with Gasteiger partial charge < -0.3 is 9.80 Å². The van der Waals surface area contributed by atoms with Crippen molar-refractivity contribution in [2.24, 2.45) is 11.3 Å². The van der Waals surface area contributed by atoms with E-state index in [1.165, 1.54) is 4.52 Å². The number of rotatable bonds is 2. The summed E-state index contributed by atoms with van der Waals surface area (Å²) < 4.78 is 1.51. The van der Waals surface area contributed by atoms with E-state index in [-0.39, 0.29) is 29.3 Å². The van der Waals surface area contributed by atoms with Gasteiger partial charge in [-0.05, 0) is 32.1 Å². The van der Waals surface area contributed by atoms with Gasteiger partial charge in [-0.15, -0.1) is 0 Å². The smallest absolute Gasteiger partial charge is 0.276 e. The molecular weight excluding hydrogens is 394 g/mol. The van der Waals surface area contributed by atoms with Crippen molar-refractivity contribution in [3.63, 3.8) is 0 Å². The van der Waals surface area contributed by atoms with Crippen LogP contribution in [-0.4, -0.2) is 49.3 Å². The maximum Gasteiger partial charge on any atom is 0.276 e. The lowest BCUT2D eigenvalue weighted by Crippen LogP contribution is -2.44. The first-order valence-electron chi connectivity index (χ1n) is 11.5. The number of H-pyrrole nitrogens is 1. The van der Waals surface area contributed by atoms with Crippen LogP contribution in [0.5, 0.6) is 0 Å². The SMILES string of the molecule is CC(C)(C)C(=O)N1CCc2c(nc3cc([C@@H]4CCCN4C(=O)C4CCC4)[nH]n3c2=O)C1. The predicted molar refractivity (Wildman–Crippen MR) is 115 cm³/mol. The molecule has 8 heteroatoms. The van der Waals surface area contributed by atoms with Crippen LogP contribution < -0.4 is 5.56 Å². The van der Waals surface area contributed by atoms with Crippen LogP contribution in [0, 0.1) is 11.3 Å². The lowest BCUT2D eigenvalue weighted by molar-refractivity contribution is -0.140. The predicted octanol–water partition coefficient (Wildman–Crippen LogP) is 2.42. The second kappa shape index (κ2) is 7.21. The normalized spacial score (nSPS) is 22.0. The number of amides is 2. The molecule has 0 bridgehead atoms. The molecule has 4 heterocycles. The molecule has 2 fully saturated rings. The number of likely N-dealkylation sites (tertiary alicyclic amines) is 1. The number of carbonyl (C=O) groups is 2. The van der Waals surface area contributed by atoms with Crippen LogP contribution in [0.2, 0.25) is 0 Å². The molecule has 0 aromatic carbocycles. The third kappa shape index (κ3) is 3.36. The zero-order valence-electron chi connectivity index (χ0n) is 18.6. The summed E-state index contributed by atoms with van der Waals surface area (Å²) in [6, 6.07) is 1.88. The van der Waals surface area contributed by atoms with Gasteiger partial charge in [0.25, 0.3) is 5.56 Å². The van der Waals surface area contributed by atoms with Crippen LogP contribution >= 0.6 is 0 Å². The van der Waals surface area contributed by atoms with Crippen molar-refractivity contribution in [1.82, 2.24) is 24.4 Å². The summed E-state index contributed by atoms with van der Waals surface area (Å²) in [5, 5.41) is 3.24. The van der Waals surface area contributed by atoms with Crippen molar-refractivity contribution in [2.75, 3.05) is 13.1 Å². The van der Waals surface area contributed by atoms with Gasteiger partial charge in [0.1, 0.15) is 0 Å². The third-order valence-corrected chi connectivity index (χ3v) is 7.06. The van der Waals surface area contributed by atoms with Crippen molar-refractivity contribution < 1.29 is 9.59 Å². The fourth-order valence-electron chi connectivity index (χ4n) is 5.07. The highest BCUT2D eigenvalue weighted by atomic mass is 16.2. The van der Waals surface area contributed by atoms with Crippen LogP contribution in [0.3, 0.4) is 0 Å². The standard InChI is InChI=1S/C23H31N5O3/c1-23(2,3)22(31)26-11-9-15-17(13-26)24-19-12-16(25-28(19)21(15)30)18-8-5-10-27(18)20(29)14-6-4-7-14/h12,14,18,25H,4-11,13H2,1-3H3/t18-/m0/s1. The van der Waals surface area contributed by atoms with Gasteiger partial charge in [-0.1, -0.05) is 27.2 Å². The van der Waals surface area contributed by atoms with Gasteiger partial charge in [0.2, 0.25) is 11.8 Å². The van der Waals surface area contributed by atoms with E-state index in [9.17, 15) is 14.4 Å². The number of hydrogen-bond acceptors (Lipinski definition) is 4. The number of fused-ring (bicyclic) bond motifs is 2. The molecule has 166 valence electrons. The van der Waals surface area contributed by atoms with E-state index in [1.54, 1.807) is 4.90 Å². The van der Waals surface area contributed by atoms with Gasteiger partial charge in [0.05, 0.1) is 24.0 Å². The number of nitrogens with one attached hydrogen (secondary N) is 1. The summed E-state index contributed by atoms with van der Waals surface area (Å²) in [6.45, 7) is 7.41. The van der Waals surface area contributed by atoms with Gasteiger partial charge in [0, 0.05) is 36.1 Å². The Morgan fingerprint density at radius 3 is 2.58 bits per heavy atom. The van der Waals surface area contributed by atoms with Crippen molar-refractivity contribution in [2.45, 2.75) is 71.9 Å². The van der Waals surface area contributed by atoms with Gasteiger partial charge >= 0.3 is 0 Å². The Labute approximate surface area is 181 Å². The molecule has 0 radical (unpaired) electrons. The molecule has 1 saturated heterocycles. The molecule has 31 heavy (non-hydrogen) atoms. The number of nitrogens with zero attached hydrogens (tertiary/aromatic N) is 4. The number of carbonyl (C=O) groups excluding carboxylic acids is 2. The summed E-state index contributed by atoms with van der Waals surface area (Å²) >= 11 is 0. The largest absolute Gasteiger partial charge is 0.336 e. The molecule has 5 rings (SSSR count). The fraction of sp³-hybridized carbons (Fsp3) is 0.652. The quantitative estimate of drug-likeness (QED) is 0.800. The molecular formula is C23H31N5O3. The Kier molecular flexibility index (Phi) is 4.71. The molecule has 1 aliphatic carbocycles. The first kappa shape index (κ1) is 20.3. The van der Waals surface area contributed by atoms with Crippen molar-refractivity contribution >= 4 is 17.5 Å². The van der Waals surface area contributed by atoms with E-state index in [2.05, 4.69) is 5.10 Å². The molecule has 3 aliphatic rings. The first-order valence-corrected chi connectivity index (χ1v) is 11.5. The molecule has 0 spiro atoms. The summed E-state index contributed by atoms with van der Waals surface area (Å²) in [5.41, 5.74) is 2.25. The fourth-order valence-corrected chi connectivity index (χ4v) is 5.07. The average molecular weight is 426 g/mol. The van der Waals surface area contributed by atoms with Gasteiger partial charge in [0.15, 0.2) is 5.65 Å². The molecule has 1 saturated carbocycles. The van der Waals surface area contributed by atoms with E-state index in [4.69, 9.17) is 4.98 Å². The maximum absolute atomic E-state index is 13.2. The molecule has 2 aromatic heterocycles. The lowest BCUT2D eigenvalue weighted by Gasteiger charge is -2.32. The van der Waals surface area contributed by atoms with Gasteiger partial charge in [-0.2, -0.15) is 0 Å². The number of hydrogen-bond donors (Lipinski definition) is 1. The second-order valence-corrected chi connectivity index (χ2v) is 10.3. The number of aromatic amines is 1. The Hall–Kier alpha value is -2.64. The van der Waals surface area contributed by atoms with E-state index in [0.29, 0.717) is 36.4 Å². The van der Waals surface area contributed by atoms with Crippen LogP contribution in [0.15, 0.2) is 10.9 Å². The minimum absolute atomic E-state index is 0.0230. The molecule has 1 N–H and O–H groups in total. The highest BCUT2D eigenvalue weighted by Gasteiger charge is 2.37. The zero-order valence-corrected chi connectivity index (χ0v) is 18.6. The van der Waals surface area contributed by atoms with E-state index >= 15 is 0 Å². The van der Waals surface area contributed by atoms with E-state index < -0.39 is 5.41 Å². The van der Waals surface area contributed by atoms with Crippen molar-refractivity contribution in [3.8, 4) is 0 Å². The van der Waals surface area contributed by atoms with Crippen molar-refractivity contribution in [3.05, 3.63) is 33.4 Å². The topological polar surface area (TPSA) is 90.8 Å².